The molecule has 1 saturated carbocycles. The predicted octanol–water partition coefficient (Wildman–Crippen LogP) is 3.42. The topological polar surface area (TPSA) is 83.2 Å². The summed E-state index contributed by atoms with van der Waals surface area (Å²) in [6, 6.07) is 0.0460. The van der Waals surface area contributed by atoms with Gasteiger partial charge in [0.2, 0.25) is 0 Å². The van der Waals surface area contributed by atoms with Gasteiger partial charge in [-0.2, -0.15) is 10.4 Å². The number of rotatable bonds is 4. The number of H-pyrrole nitrogens is 1. The molecule has 0 aromatic carbocycles. The maximum absolute atomic E-state index is 9.33. The molecule has 1 fully saturated rings. The van der Waals surface area contributed by atoms with Crippen LogP contribution in [-0.4, -0.2) is 24.7 Å². The first kappa shape index (κ1) is 7.73. The van der Waals surface area contributed by atoms with Gasteiger partial charge in [-0.15, -0.1) is 0 Å². The van der Waals surface area contributed by atoms with Crippen LogP contribution in [0.25, 0.3) is 22.6 Å². The van der Waals surface area contributed by atoms with Crippen molar-refractivity contribution >= 4 is 0 Å². The van der Waals surface area contributed by atoms with E-state index < -0.39 is 24.7 Å². The van der Waals surface area contributed by atoms with E-state index in [4.69, 9.17) is 11.0 Å². The van der Waals surface area contributed by atoms with E-state index in [1.165, 1.54) is 17.1 Å². The fourth-order valence-electron chi connectivity index (χ4n) is 2.72. The Labute approximate surface area is 145 Å². The molecule has 1 aromatic heterocycles. The number of hydrogen-bond donors (Lipinski definition) is 1. The van der Waals surface area contributed by atoms with Gasteiger partial charge in [0.1, 0.15) is 1.37 Å². The molecule has 0 radical (unpaired) electrons. The Morgan fingerprint density at radius 2 is 2.39 bits per heavy atom. The standard InChI is InChI=1S/C17H18N6/c18-7-5-15(12-3-1-2-4-12)23-10-13(9-22-23)16-14-6-8-19-17(14)21-11-20-16/h6,8-12,15H,1-5H2,(H,19,20,21)/t15-/m0/s1/i1D2,2D2,6D,8D,11D,15D. The smallest absolute Gasteiger partial charge is 0.162 e. The second-order valence-electron chi connectivity index (χ2n) is 5.23. The third kappa shape index (κ3) is 2.48. The molecule has 1 N–H and O–H groups in total. The zero-order chi connectivity index (χ0) is 22.8. The van der Waals surface area contributed by atoms with E-state index in [0.29, 0.717) is 5.56 Å². The highest BCUT2D eigenvalue weighted by Crippen LogP contribution is 2.37. The molecule has 1 aliphatic carbocycles. The van der Waals surface area contributed by atoms with Crippen molar-refractivity contribution in [3.05, 3.63) is 30.9 Å². The largest absolute Gasteiger partial charge is 0.345 e. The third-order valence-corrected chi connectivity index (χ3v) is 3.88. The summed E-state index contributed by atoms with van der Waals surface area (Å²) in [6.07, 6.45) is -2.76. The predicted molar refractivity (Wildman–Crippen MR) is 85.5 cm³/mol. The summed E-state index contributed by atoms with van der Waals surface area (Å²) in [4.78, 5) is 10.5. The van der Waals surface area contributed by atoms with Gasteiger partial charge in [-0.25, -0.2) is 9.97 Å². The van der Waals surface area contributed by atoms with Crippen molar-refractivity contribution in [2.75, 3.05) is 0 Å². The van der Waals surface area contributed by atoms with E-state index in [9.17, 15) is 5.26 Å². The Morgan fingerprint density at radius 3 is 3.22 bits per heavy atom. The van der Waals surface area contributed by atoms with Crippen molar-refractivity contribution < 1.29 is 11.0 Å². The number of hydrogen-bond acceptors (Lipinski definition) is 4. The fraction of sp³-hybridized carbons (Fsp3) is 0.412. The van der Waals surface area contributed by atoms with E-state index in [0.717, 1.165) is 0 Å². The Kier molecular flexibility index (Phi) is 1.96. The molecular formula is C17H18N6. The van der Waals surface area contributed by atoms with Gasteiger partial charge in [-0.3, -0.25) is 4.68 Å². The molecular weight excluding hydrogens is 288 g/mol. The summed E-state index contributed by atoms with van der Waals surface area (Å²) in [5.74, 6) is -0.738. The van der Waals surface area contributed by atoms with E-state index in [1.54, 1.807) is 0 Å². The van der Waals surface area contributed by atoms with Gasteiger partial charge in [0.05, 0.1) is 40.8 Å². The zero-order valence-corrected chi connectivity index (χ0v) is 12.1. The summed E-state index contributed by atoms with van der Waals surface area (Å²) in [7, 11) is 0. The summed E-state index contributed by atoms with van der Waals surface area (Å²) in [5.41, 5.74) is 0.874. The van der Waals surface area contributed by atoms with Crippen LogP contribution in [0, 0.1) is 17.2 Å². The van der Waals surface area contributed by atoms with Crippen LogP contribution in [0.15, 0.2) is 30.9 Å². The molecule has 3 heterocycles. The molecule has 1 aromatic rings. The number of nitrogens with one attached hydrogen (secondary N) is 1. The zero-order valence-electron chi connectivity index (χ0n) is 20.1. The molecule has 0 amide bonds. The monoisotopic (exact) mass is 314 g/mol. The van der Waals surface area contributed by atoms with E-state index in [-0.39, 0.29) is 54.9 Å². The molecule has 2 aliphatic heterocycles. The molecule has 1 atom stereocenters. The van der Waals surface area contributed by atoms with Crippen LogP contribution in [0.3, 0.4) is 0 Å². The van der Waals surface area contributed by atoms with Crippen LogP contribution >= 0.6 is 0 Å². The van der Waals surface area contributed by atoms with Gasteiger partial charge in [0.25, 0.3) is 0 Å². The minimum absolute atomic E-state index is 0.0628. The Morgan fingerprint density at radius 1 is 1.52 bits per heavy atom. The number of fused-ring (bicyclic) bond motifs is 1. The summed E-state index contributed by atoms with van der Waals surface area (Å²) < 4.78 is 65.8. The van der Waals surface area contributed by atoms with Crippen molar-refractivity contribution in [2.45, 2.75) is 38.0 Å². The van der Waals surface area contributed by atoms with Gasteiger partial charge in [0.15, 0.2) is 5.82 Å². The van der Waals surface area contributed by atoms with E-state index >= 15 is 0 Å². The molecule has 3 aliphatic rings. The lowest BCUT2D eigenvalue weighted by Gasteiger charge is -2.21. The average molecular weight is 314 g/mol. The quantitative estimate of drug-likeness (QED) is 0.799. The highest BCUT2D eigenvalue weighted by molar-refractivity contribution is 5.77. The normalized spacial score (nSPS) is 27.4. The molecule has 6 heteroatoms. The first-order valence-corrected chi connectivity index (χ1v) is 7.15. The van der Waals surface area contributed by atoms with Crippen molar-refractivity contribution in [3.8, 4) is 28.7 Å². The minimum Gasteiger partial charge on any atom is -0.345 e. The van der Waals surface area contributed by atoms with Gasteiger partial charge in [-0.05, 0) is 24.8 Å². The van der Waals surface area contributed by atoms with E-state index in [2.05, 4.69) is 20.1 Å². The lowest BCUT2D eigenvalue weighted by molar-refractivity contribution is 0.315. The second kappa shape index (κ2) is 5.84. The molecule has 4 rings (SSSR count). The summed E-state index contributed by atoms with van der Waals surface area (Å²) >= 11 is 0. The Bertz CT molecular complexity index is 1150. The average Bonchev–Trinajstić information content (AvgIpc) is 3.31. The van der Waals surface area contributed by atoms with Crippen molar-refractivity contribution in [2.24, 2.45) is 5.92 Å². The summed E-state index contributed by atoms with van der Waals surface area (Å²) in [5, 5.41) is 13.5. The van der Waals surface area contributed by atoms with Crippen LogP contribution in [0.5, 0.6) is 0 Å². The van der Waals surface area contributed by atoms with Gasteiger partial charge in [-0.1, -0.05) is 12.7 Å². The number of nitrogens with zero attached hydrogens (tertiary/aromatic N) is 5. The van der Waals surface area contributed by atoms with Crippen LogP contribution in [-0.2, 0) is 0 Å². The molecule has 0 bridgehead atoms. The lowest BCUT2D eigenvalue weighted by atomic mass is 9.96. The molecule has 6 nitrogen and oxygen atoms in total. The number of aromatic amines is 1. The Hall–Kier alpha value is -2.68. The number of nitriles is 1. The van der Waals surface area contributed by atoms with Gasteiger partial charge in [0, 0.05) is 29.0 Å². The van der Waals surface area contributed by atoms with Crippen molar-refractivity contribution in [1.29, 1.82) is 5.26 Å². The maximum atomic E-state index is 9.33. The SMILES string of the molecule is [2H]c1nc2nc([2H])c([2H])c-2c(-c2cnn([C@@]([2H])(CC#N)C3CC([2H])([2H])C([2H])([2H])C3)c2)[nH]1. The molecule has 23 heavy (non-hydrogen) atoms. The Balaban J connectivity index is 1.79. The lowest BCUT2D eigenvalue weighted by Crippen LogP contribution is -2.17. The van der Waals surface area contributed by atoms with Crippen LogP contribution < -0.4 is 0 Å². The van der Waals surface area contributed by atoms with Crippen LogP contribution in [0.4, 0.5) is 0 Å². The van der Waals surface area contributed by atoms with Crippen molar-refractivity contribution in [3.63, 3.8) is 0 Å². The highest BCUT2D eigenvalue weighted by atomic mass is 15.3. The fourth-order valence-corrected chi connectivity index (χ4v) is 2.72. The first-order chi connectivity index (χ1) is 14.4. The van der Waals surface area contributed by atoms with Gasteiger partial charge < -0.3 is 4.98 Å². The number of aromatic nitrogens is 5. The van der Waals surface area contributed by atoms with Crippen LogP contribution in [0.2, 0.25) is 0 Å². The second-order valence-corrected chi connectivity index (χ2v) is 5.23. The molecule has 0 spiro atoms. The molecule has 0 unspecified atom stereocenters. The molecule has 0 saturated heterocycles. The highest BCUT2D eigenvalue weighted by Gasteiger charge is 2.27. The maximum Gasteiger partial charge on any atom is 0.162 e. The third-order valence-electron chi connectivity index (χ3n) is 3.88. The van der Waals surface area contributed by atoms with Crippen molar-refractivity contribution in [1.82, 2.24) is 24.7 Å². The van der Waals surface area contributed by atoms with E-state index in [1.807, 2.05) is 6.07 Å². The summed E-state index contributed by atoms with van der Waals surface area (Å²) in [6.45, 7) is 0. The van der Waals surface area contributed by atoms with Gasteiger partial charge >= 0.3 is 0 Å². The first-order valence-electron chi connectivity index (χ1n) is 11.2. The molecule has 116 valence electrons. The minimum atomic E-state index is -2.13. The van der Waals surface area contributed by atoms with Crippen LogP contribution in [0.1, 0.15) is 49.0 Å².